The van der Waals surface area contributed by atoms with Crippen LogP contribution in [0.5, 0.6) is 0 Å². The van der Waals surface area contributed by atoms with Crippen molar-refractivity contribution in [3.8, 4) is 0 Å². The molecule has 3 rings (SSSR count). The topological polar surface area (TPSA) is 106 Å². The van der Waals surface area contributed by atoms with Gasteiger partial charge in [-0.15, -0.1) is 0 Å². The predicted molar refractivity (Wildman–Crippen MR) is 127 cm³/mol. The maximum absolute atomic E-state index is 13.1. The molecule has 33 heavy (non-hydrogen) atoms. The Kier molecular flexibility index (Phi) is 9.51. The molecule has 0 aliphatic carbocycles. The van der Waals surface area contributed by atoms with E-state index in [9.17, 15) is 13.2 Å². The standard InChI is InChI=1S/C23H37N3O6S/c1-17(2)8-12-31-18(3)23(27)25-22-15-20(33(28,29)26-9-13-30-14-10-26)6-7-21(22)24-16-19-5-4-11-32-19/h6-7,15,17-19,24H,4-5,8-14,16H2,1-3H3,(H,25,27). The van der Waals surface area contributed by atoms with Crippen LogP contribution in [-0.2, 0) is 29.0 Å². The Bertz CT molecular complexity index is 880. The summed E-state index contributed by atoms with van der Waals surface area (Å²) in [4.78, 5) is 12.9. The van der Waals surface area contributed by atoms with Crippen LogP contribution >= 0.6 is 0 Å². The van der Waals surface area contributed by atoms with E-state index in [1.165, 1.54) is 10.4 Å². The van der Waals surface area contributed by atoms with Crippen LogP contribution in [0.3, 0.4) is 0 Å². The monoisotopic (exact) mass is 483 g/mol. The number of carbonyl (C=O) groups excluding carboxylic acids is 1. The van der Waals surface area contributed by atoms with Crippen LogP contribution in [0.1, 0.15) is 40.0 Å². The van der Waals surface area contributed by atoms with Crippen molar-refractivity contribution in [2.24, 2.45) is 5.92 Å². The fraction of sp³-hybridized carbons (Fsp3) is 0.696. The van der Waals surface area contributed by atoms with Crippen LogP contribution in [0.2, 0.25) is 0 Å². The van der Waals surface area contributed by atoms with E-state index in [0.717, 1.165) is 25.9 Å². The molecule has 2 unspecified atom stereocenters. The Morgan fingerprint density at radius 3 is 2.61 bits per heavy atom. The lowest BCUT2D eigenvalue weighted by Crippen LogP contribution is -2.40. The molecule has 2 heterocycles. The second-order valence-corrected chi connectivity index (χ2v) is 10.9. The van der Waals surface area contributed by atoms with Crippen molar-refractivity contribution in [2.75, 3.05) is 56.7 Å². The molecule has 9 nitrogen and oxygen atoms in total. The first-order valence-corrected chi connectivity index (χ1v) is 13.2. The zero-order valence-corrected chi connectivity index (χ0v) is 20.7. The Hall–Kier alpha value is -1.72. The molecule has 10 heteroatoms. The number of benzene rings is 1. The van der Waals surface area contributed by atoms with E-state index in [-0.39, 0.29) is 16.9 Å². The maximum atomic E-state index is 13.1. The summed E-state index contributed by atoms with van der Waals surface area (Å²) < 4.78 is 44.3. The van der Waals surface area contributed by atoms with Crippen LogP contribution in [-0.4, -0.2) is 76.9 Å². The van der Waals surface area contributed by atoms with Crippen molar-refractivity contribution in [1.29, 1.82) is 0 Å². The molecule has 2 N–H and O–H groups in total. The molecular formula is C23H37N3O6S. The van der Waals surface area contributed by atoms with Gasteiger partial charge in [0.05, 0.1) is 35.6 Å². The largest absolute Gasteiger partial charge is 0.381 e. The van der Waals surface area contributed by atoms with Gasteiger partial charge in [-0.2, -0.15) is 4.31 Å². The molecular weight excluding hydrogens is 446 g/mol. The summed E-state index contributed by atoms with van der Waals surface area (Å²) in [5.41, 5.74) is 1.06. The Morgan fingerprint density at radius 1 is 1.18 bits per heavy atom. The molecule has 2 saturated heterocycles. The van der Waals surface area contributed by atoms with E-state index in [1.54, 1.807) is 19.1 Å². The molecule has 0 bridgehead atoms. The number of amides is 1. The predicted octanol–water partition coefficient (Wildman–Crippen LogP) is 2.69. The molecule has 186 valence electrons. The summed E-state index contributed by atoms with van der Waals surface area (Å²) in [6, 6.07) is 4.78. The molecule has 0 aromatic heterocycles. The summed E-state index contributed by atoms with van der Waals surface area (Å²) in [5, 5.41) is 6.17. The Morgan fingerprint density at radius 2 is 1.94 bits per heavy atom. The van der Waals surface area contributed by atoms with Crippen LogP contribution in [0.25, 0.3) is 0 Å². The van der Waals surface area contributed by atoms with Gasteiger partial charge in [-0.25, -0.2) is 8.42 Å². The Labute approximate surface area is 197 Å². The number of sulfonamides is 1. The molecule has 2 aliphatic heterocycles. The van der Waals surface area contributed by atoms with Gasteiger partial charge in [-0.05, 0) is 50.3 Å². The third-order valence-electron chi connectivity index (χ3n) is 5.83. The maximum Gasteiger partial charge on any atom is 0.253 e. The highest BCUT2D eigenvalue weighted by molar-refractivity contribution is 7.89. The number of morpholine rings is 1. The van der Waals surface area contributed by atoms with Crippen molar-refractivity contribution < 1.29 is 27.4 Å². The van der Waals surface area contributed by atoms with Crippen molar-refractivity contribution in [1.82, 2.24) is 4.31 Å². The third-order valence-corrected chi connectivity index (χ3v) is 7.73. The average molecular weight is 484 g/mol. The normalized spacial score (nSPS) is 20.7. The van der Waals surface area contributed by atoms with E-state index in [0.29, 0.717) is 56.7 Å². The molecule has 0 radical (unpaired) electrons. The highest BCUT2D eigenvalue weighted by atomic mass is 32.2. The number of hydrogen-bond acceptors (Lipinski definition) is 7. The minimum absolute atomic E-state index is 0.101. The van der Waals surface area contributed by atoms with Gasteiger partial charge >= 0.3 is 0 Å². The van der Waals surface area contributed by atoms with Crippen molar-refractivity contribution in [3.63, 3.8) is 0 Å². The van der Waals surface area contributed by atoms with Crippen molar-refractivity contribution in [2.45, 2.75) is 57.1 Å². The highest BCUT2D eigenvalue weighted by Gasteiger charge is 2.28. The molecule has 0 spiro atoms. The van der Waals surface area contributed by atoms with E-state index >= 15 is 0 Å². The first kappa shape index (κ1) is 25.9. The quantitative estimate of drug-likeness (QED) is 0.498. The zero-order valence-electron chi connectivity index (χ0n) is 19.8. The minimum atomic E-state index is -3.69. The summed E-state index contributed by atoms with van der Waals surface area (Å²) in [6.07, 6.45) is 2.30. The first-order valence-electron chi connectivity index (χ1n) is 11.8. The summed E-state index contributed by atoms with van der Waals surface area (Å²) >= 11 is 0. The smallest absolute Gasteiger partial charge is 0.253 e. The summed E-state index contributed by atoms with van der Waals surface area (Å²) in [6.45, 7) is 9.07. The molecule has 0 saturated carbocycles. The number of ether oxygens (including phenoxy) is 3. The van der Waals surface area contributed by atoms with Gasteiger partial charge in [0, 0.05) is 32.8 Å². The molecule has 2 aliphatic rings. The van der Waals surface area contributed by atoms with Gasteiger partial charge in [0.2, 0.25) is 10.0 Å². The number of rotatable bonds is 11. The van der Waals surface area contributed by atoms with Gasteiger partial charge in [0.15, 0.2) is 0 Å². The Balaban J connectivity index is 1.77. The lowest BCUT2D eigenvalue weighted by Gasteiger charge is -2.26. The first-order chi connectivity index (χ1) is 15.8. The lowest BCUT2D eigenvalue weighted by atomic mass is 10.1. The van der Waals surface area contributed by atoms with Gasteiger partial charge < -0.3 is 24.8 Å². The van der Waals surface area contributed by atoms with E-state index < -0.39 is 16.1 Å². The van der Waals surface area contributed by atoms with Crippen LogP contribution in [0.15, 0.2) is 23.1 Å². The molecule has 1 amide bonds. The van der Waals surface area contributed by atoms with E-state index in [4.69, 9.17) is 14.2 Å². The fourth-order valence-electron chi connectivity index (χ4n) is 3.70. The third kappa shape index (κ3) is 7.38. The lowest BCUT2D eigenvalue weighted by molar-refractivity contribution is -0.126. The number of anilines is 2. The van der Waals surface area contributed by atoms with E-state index in [1.807, 2.05) is 0 Å². The molecule has 2 fully saturated rings. The average Bonchev–Trinajstić information content (AvgIpc) is 3.32. The second-order valence-electron chi connectivity index (χ2n) is 8.92. The number of carbonyl (C=O) groups is 1. The minimum Gasteiger partial charge on any atom is -0.381 e. The number of nitrogens with one attached hydrogen (secondary N) is 2. The second kappa shape index (κ2) is 12.1. The number of nitrogens with zero attached hydrogens (tertiary/aromatic N) is 1. The van der Waals surface area contributed by atoms with Gasteiger partial charge in [0.1, 0.15) is 6.10 Å². The SMILES string of the molecule is CC(C)CCOC(C)C(=O)Nc1cc(S(=O)(=O)N2CCOCC2)ccc1NCC1CCCO1. The van der Waals surface area contributed by atoms with Crippen molar-refractivity contribution >= 4 is 27.3 Å². The van der Waals surface area contributed by atoms with Gasteiger partial charge in [0.25, 0.3) is 5.91 Å². The fourth-order valence-corrected chi connectivity index (χ4v) is 5.13. The van der Waals surface area contributed by atoms with E-state index in [2.05, 4.69) is 24.5 Å². The molecule has 2 atom stereocenters. The van der Waals surface area contributed by atoms with Crippen LogP contribution < -0.4 is 10.6 Å². The molecule has 1 aromatic carbocycles. The number of hydrogen-bond donors (Lipinski definition) is 2. The van der Waals surface area contributed by atoms with Gasteiger partial charge in [-0.3, -0.25) is 4.79 Å². The summed E-state index contributed by atoms with van der Waals surface area (Å²) in [7, 11) is -3.69. The molecule has 1 aromatic rings. The summed E-state index contributed by atoms with van der Waals surface area (Å²) in [5.74, 6) is 0.163. The van der Waals surface area contributed by atoms with Crippen molar-refractivity contribution in [3.05, 3.63) is 18.2 Å². The van der Waals surface area contributed by atoms with Crippen LogP contribution in [0.4, 0.5) is 11.4 Å². The van der Waals surface area contributed by atoms with Crippen LogP contribution in [0, 0.1) is 5.92 Å². The van der Waals surface area contributed by atoms with Gasteiger partial charge in [-0.1, -0.05) is 13.8 Å². The zero-order chi connectivity index (χ0) is 23.8. The highest BCUT2D eigenvalue weighted by Crippen LogP contribution is 2.28.